The summed E-state index contributed by atoms with van der Waals surface area (Å²) in [5.41, 5.74) is 1.62. The first-order chi connectivity index (χ1) is 18.4. The number of hydrogen-bond acceptors (Lipinski definition) is 7. The highest BCUT2D eigenvalue weighted by Gasteiger charge is 2.48. The number of aromatic nitrogens is 3. The molecule has 0 aliphatic carbocycles. The van der Waals surface area contributed by atoms with Gasteiger partial charge >= 0.3 is 0 Å². The van der Waals surface area contributed by atoms with E-state index in [1.807, 2.05) is 48.7 Å². The molecule has 38 heavy (non-hydrogen) atoms. The first-order valence-electron chi connectivity index (χ1n) is 12.8. The molecule has 198 valence electrons. The van der Waals surface area contributed by atoms with Gasteiger partial charge < -0.3 is 25.7 Å². The second-order valence-corrected chi connectivity index (χ2v) is 9.73. The van der Waals surface area contributed by atoms with E-state index in [1.165, 1.54) is 0 Å². The summed E-state index contributed by atoms with van der Waals surface area (Å²) in [5, 5.41) is 35.7. The Morgan fingerprint density at radius 2 is 2.00 bits per heavy atom. The van der Waals surface area contributed by atoms with Crippen LogP contribution in [-0.4, -0.2) is 63.3 Å². The Morgan fingerprint density at radius 3 is 2.76 bits per heavy atom. The Kier molecular flexibility index (Phi) is 7.37. The summed E-state index contributed by atoms with van der Waals surface area (Å²) in [6.45, 7) is 3.77. The van der Waals surface area contributed by atoms with Crippen molar-refractivity contribution in [2.75, 3.05) is 36.5 Å². The minimum Gasteiger partial charge on any atom is -0.395 e. The number of rotatable bonds is 9. The van der Waals surface area contributed by atoms with Crippen LogP contribution < -0.4 is 15.5 Å². The molecule has 4 N–H and O–H groups in total. The molecular weight excluding hydrogens is 484 g/mol. The van der Waals surface area contributed by atoms with E-state index in [9.17, 15) is 19.8 Å². The average Bonchev–Trinajstić information content (AvgIpc) is 3.50. The molecule has 3 aromatic rings. The lowest BCUT2D eigenvalue weighted by Gasteiger charge is -2.30. The van der Waals surface area contributed by atoms with Crippen LogP contribution in [0, 0.1) is 5.92 Å². The lowest BCUT2D eigenvalue weighted by atomic mass is 9.82. The zero-order valence-electron chi connectivity index (χ0n) is 21.2. The van der Waals surface area contributed by atoms with Crippen molar-refractivity contribution in [3.63, 3.8) is 0 Å². The predicted octanol–water partition coefficient (Wildman–Crippen LogP) is 1.76. The SMILES string of the molecule is C[C@H](/C=C/CCn1cc(C(CO)c2ccccc2)nn1)[C@@]1(O)C(=O)Nc2ccc(N3CCNCC3=O)cc21. The molecule has 10 nitrogen and oxygen atoms in total. The first kappa shape index (κ1) is 25.8. The zero-order valence-corrected chi connectivity index (χ0v) is 21.2. The van der Waals surface area contributed by atoms with Crippen LogP contribution in [0.2, 0.25) is 0 Å². The molecule has 1 saturated heterocycles. The highest BCUT2D eigenvalue weighted by molar-refractivity contribution is 6.06. The molecule has 0 radical (unpaired) electrons. The lowest BCUT2D eigenvalue weighted by molar-refractivity contribution is -0.137. The van der Waals surface area contributed by atoms with Gasteiger partial charge in [0.15, 0.2) is 5.60 Å². The van der Waals surface area contributed by atoms with Gasteiger partial charge in [-0.15, -0.1) is 5.10 Å². The Balaban J connectivity index is 1.25. The highest BCUT2D eigenvalue weighted by Crippen LogP contribution is 2.43. The number of carbonyl (C=O) groups excluding carboxylic acids is 2. The van der Waals surface area contributed by atoms with E-state index in [0.717, 1.165) is 5.56 Å². The summed E-state index contributed by atoms with van der Waals surface area (Å²) in [6.07, 6.45) is 6.19. The number of nitrogens with one attached hydrogen (secondary N) is 2. The number of piperazine rings is 1. The van der Waals surface area contributed by atoms with Crippen LogP contribution in [0.4, 0.5) is 11.4 Å². The van der Waals surface area contributed by atoms with Crippen LogP contribution in [0.25, 0.3) is 0 Å². The number of allylic oxidation sites excluding steroid dienone is 1. The van der Waals surface area contributed by atoms with E-state index in [4.69, 9.17) is 0 Å². The van der Waals surface area contributed by atoms with Crippen LogP contribution in [0.1, 0.15) is 36.1 Å². The summed E-state index contributed by atoms with van der Waals surface area (Å²) in [7, 11) is 0. The third-order valence-corrected chi connectivity index (χ3v) is 7.32. The molecule has 5 rings (SSSR count). The van der Waals surface area contributed by atoms with Crippen molar-refractivity contribution < 1.29 is 19.8 Å². The Hall–Kier alpha value is -3.86. The molecule has 2 amide bonds. The molecular formula is C28H32N6O4. The van der Waals surface area contributed by atoms with Crippen molar-refractivity contribution in [2.45, 2.75) is 31.4 Å². The fourth-order valence-corrected chi connectivity index (χ4v) is 5.08. The second-order valence-electron chi connectivity index (χ2n) is 9.73. The Morgan fingerprint density at radius 1 is 1.18 bits per heavy atom. The van der Waals surface area contributed by atoms with E-state index < -0.39 is 17.4 Å². The Bertz CT molecular complexity index is 1340. The minimum absolute atomic E-state index is 0.0460. The maximum atomic E-state index is 12.9. The average molecular weight is 517 g/mol. The molecule has 0 spiro atoms. The van der Waals surface area contributed by atoms with E-state index in [1.54, 1.807) is 34.7 Å². The quantitative estimate of drug-likeness (QED) is 0.319. The summed E-state index contributed by atoms with van der Waals surface area (Å²) in [4.78, 5) is 26.9. The molecule has 3 atom stereocenters. The number of fused-ring (bicyclic) bond motifs is 1. The van der Waals surface area contributed by atoms with Crippen LogP contribution >= 0.6 is 0 Å². The number of aliphatic hydroxyl groups is 2. The summed E-state index contributed by atoms with van der Waals surface area (Å²) >= 11 is 0. The van der Waals surface area contributed by atoms with Crippen LogP contribution in [0.15, 0.2) is 66.9 Å². The van der Waals surface area contributed by atoms with E-state index in [0.29, 0.717) is 48.7 Å². The van der Waals surface area contributed by atoms with Gasteiger partial charge in [-0.1, -0.05) is 54.6 Å². The third kappa shape index (κ3) is 4.85. The largest absolute Gasteiger partial charge is 0.395 e. The standard InChI is InChI=1S/C28H32N6O4/c1-19(7-5-6-13-33-17-25(31-32-33)22(18-35)20-8-3-2-4-9-20)28(38)23-15-21(10-11-24(23)30-27(28)37)34-14-12-29-16-26(34)36/h2-5,7-11,15,17,19,22,29,35,38H,6,12-14,16,18H2,1H3,(H,30,37)/b7-5+/t19-,22?,28+/m1/s1. The second kappa shape index (κ2) is 10.9. The number of aryl methyl sites for hydroxylation is 1. The van der Waals surface area contributed by atoms with Crippen molar-refractivity contribution in [3.8, 4) is 0 Å². The van der Waals surface area contributed by atoms with Crippen molar-refractivity contribution in [1.29, 1.82) is 0 Å². The molecule has 1 unspecified atom stereocenters. The zero-order chi connectivity index (χ0) is 26.7. The molecule has 1 aromatic heterocycles. The number of aliphatic hydroxyl groups excluding tert-OH is 1. The summed E-state index contributed by atoms with van der Waals surface area (Å²) in [5.74, 6) is -1.28. The molecule has 3 heterocycles. The fourth-order valence-electron chi connectivity index (χ4n) is 5.08. The number of nitrogens with zero attached hydrogens (tertiary/aromatic N) is 4. The lowest BCUT2D eigenvalue weighted by Crippen LogP contribution is -2.48. The number of hydrogen-bond donors (Lipinski definition) is 4. The van der Waals surface area contributed by atoms with Crippen molar-refractivity contribution in [2.24, 2.45) is 5.92 Å². The molecule has 1 fully saturated rings. The van der Waals surface area contributed by atoms with Gasteiger partial charge in [0, 0.05) is 48.7 Å². The summed E-state index contributed by atoms with van der Waals surface area (Å²) < 4.78 is 1.72. The van der Waals surface area contributed by atoms with Gasteiger partial charge in [-0.25, -0.2) is 0 Å². The van der Waals surface area contributed by atoms with Gasteiger partial charge in [-0.3, -0.25) is 14.3 Å². The monoisotopic (exact) mass is 516 g/mol. The molecule has 0 saturated carbocycles. The third-order valence-electron chi connectivity index (χ3n) is 7.32. The van der Waals surface area contributed by atoms with Gasteiger partial charge in [0.25, 0.3) is 5.91 Å². The van der Waals surface area contributed by atoms with Gasteiger partial charge in [-0.05, 0) is 30.2 Å². The van der Waals surface area contributed by atoms with E-state index >= 15 is 0 Å². The maximum Gasteiger partial charge on any atom is 0.261 e. The summed E-state index contributed by atoms with van der Waals surface area (Å²) in [6, 6.07) is 15.0. The molecule has 10 heteroatoms. The van der Waals surface area contributed by atoms with Crippen LogP contribution in [-0.2, 0) is 21.7 Å². The number of carbonyl (C=O) groups is 2. The highest BCUT2D eigenvalue weighted by atomic mass is 16.3. The number of amides is 2. The molecule has 2 aliphatic heterocycles. The van der Waals surface area contributed by atoms with Gasteiger partial charge in [0.1, 0.15) is 0 Å². The van der Waals surface area contributed by atoms with Crippen molar-refractivity contribution in [1.82, 2.24) is 20.3 Å². The topological polar surface area (TPSA) is 133 Å². The number of anilines is 2. The number of benzene rings is 2. The van der Waals surface area contributed by atoms with Gasteiger partial charge in [0.2, 0.25) is 5.91 Å². The van der Waals surface area contributed by atoms with Gasteiger partial charge in [0.05, 0.1) is 24.8 Å². The van der Waals surface area contributed by atoms with Crippen LogP contribution in [0.3, 0.4) is 0 Å². The van der Waals surface area contributed by atoms with E-state index in [-0.39, 0.29) is 25.0 Å². The predicted molar refractivity (Wildman–Crippen MR) is 143 cm³/mol. The first-order valence-corrected chi connectivity index (χ1v) is 12.8. The van der Waals surface area contributed by atoms with E-state index in [2.05, 4.69) is 20.9 Å². The Labute approximate surface area is 221 Å². The maximum absolute atomic E-state index is 12.9. The molecule has 2 aliphatic rings. The molecule has 0 bridgehead atoms. The van der Waals surface area contributed by atoms with Crippen molar-refractivity contribution >= 4 is 23.2 Å². The minimum atomic E-state index is -1.75. The normalized spacial score (nSPS) is 21.0. The molecule has 2 aromatic carbocycles. The smallest absolute Gasteiger partial charge is 0.261 e. The van der Waals surface area contributed by atoms with Crippen molar-refractivity contribution in [3.05, 3.63) is 83.7 Å². The van der Waals surface area contributed by atoms with Gasteiger partial charge in [-0.2, -0.15) is 0 Å². The fraction of sp³-hybridized carbons (Fsp3) is 0.357. The van der Waals surface area contributed by atoms with Crippen LogP contribution in [0.5, 0.6) is 0 Å².